The number of imidazole rings is 1. The summed E-state index contributed by atoms with van der Waals surface area (Å²) in [5.41, 5.74) is 3.34. The van der Waals surface area contributed by atoms with Gasteiger partial charge in [-0.3, -0.25) is 19.5 Å². The van der Waals surface area contributed by atoms with Crippen LogP contribution < -0.4 is 5.32 Å². The number of hydrogen-bond donors (Lipinski definition) is 2. The Balaban J connectivity index is 1.28. The highest BCUT2D eigenvalue weighted by molar-refractivity contribution is 7.19. The SMILES string of the molecule is CC1(C)C2C(=O)N(Cc3cc4nccc(-c5cc(Cl)cc6ncn(CC7(O)CCNCC7)c56)c4s3)C(=O)C21. The first-order chi connectivity index (χ1) is 18.2. The van der Waals surface area contributed by atoms with Crippen molar-refractivity contribution < 1.29 is 14.7 Å². The number of thiophene rings is 1. The molecule has 2 atom stereocenters. The van der Waals surface area contributed by atoms with Gasteiger partial charge in [-0.2, -0.15) is 0 Å². The van der Waals surface area contributed by atoms with E-state index in [0.29, 0.717) is 24.4 Å². The number of pyridine rings is 1. The van der Waals surface area contributed by atoms with Gasteiger partial charge in [-0.1, -0.05) is 25.4 Å². The fraction of sp³-hybridized carbons (Fsp3) is 0.429. The molecule has 3 fully saturated rings. The number of imide groups is 1. The zero-order chi connectivity index (χ0) is 26.4. The second-order valence-corrected chi connectivity index (χ2v) is 13.1. The number of aliphatic hydroxyl groups is 1. The number of rotatable bonds is 5. The van der Waals surface area contributed by atoms with Crippen LogP contribution in [0, 0.1) is 17.3 Å². The predicted molar refractivity (Wildman–Crippen MR) is 147 cm³/mol. The van der Waals surface area contributed by atoms with Gasteiger partial charge in [0.1, 0.15) is 0 Å². The summed E-state index contributed by atoms with van der Waals surface area (Å²) in [6.45, 7) is 6.26. The van der Waals surface area contributed by atoms with Crippen LogP contribution in [0.1, 0.15) is 31.6 Å². The van der Waals surface area contributed by atoms with Gasteiger partial charge in [0.25, 0.3) is 0 Å². The zero-order valence-corrected chi connectivity index (χ0v) is 22.8. The fourth-order valence-corrected chi connectivity index (χ4v) is 7.80. The van der Waals surface area contributed by atoms with Crippen LogP contribution in [0.4, 0.5) is 0 Å². The van der Waals surface area contributed by atoms with E-state index in [1.807, 2.05) is 42.7 Å². The van der Waals surface area contributed by atoms with E-state index in [0.717, 1.165) is 50.3 Å². The third-order valence-electron chi connectivity index (χ3n) is 8.64. The number of likely N-dealkylation sites (tertiary alicyclic amines) is 1. The molecule has 0 bridgehead atoms. The summed E-state index contributed by atoms with van der Waals surface area (Å²) >= 11 is 8.09. The number of piperidine rings is 2. The molecule has 10 heteroatoms. The number of hydrogen-bond acceptors (Lipinski definition) is 7. The highest BCUT2D eigenvalue weighted by atomic mass is 35.5. The maximum Gasteiger partial charge on any atom is 0.234 e. The van der Waals surface area contributed by atoms with Crippen LogP contribution >= 0.6 is 22.9 Å². The lowest BCUT2D eigenvalue weighted by Gasteiger charge is -2.33. The smallest absolute Gasteiger partial charge is 0.234 e. The van der Waals surface area contributed by atoms with Crippen LogP contribution in [-0.2, 0) is 22.7 Å². The van der Waals surface area contributed by atoms with Gasteiger partial charge in [-0.15, -0.1) is 11.3 Å². The predicted octanol–water partition coefficient (Wildman–Crippen LogP) is 4.22. The summed E-state index contributed by atoms with van der Waals surface area (Å²) in [6, 6.07) is 7.72. The standard InChI is InChI=1S/C28H28ClN5O3S/c1-27(2)21-22(27)26(36)34(25(21)35)12-16-11-20-24(38-16)17(3-6-31-20)18-9-15(29)10-19-23(18)33(14-32-19)13-28(37)4-7-30-8-5-28/h3,6,9-11,14,21-22,30,37H,4-5,7-8,12-13H2,1-2H3. The Hall–Kier alpha value is -2.85. The maximum absolute atomic E-state index is 12.9. The van der Waals surface area contributed by atoms with Gasteiger partial charge in [0.05, 0.1) is 58.1 Å². The molecule has 2 N–H and O–H groups in total. The molecule has 38 heavy (non-hydrogen) atoms. The topological polar surface area (TPSA) is 100 Å². The summed E-state index contributed by atoms with van der Waals surface area (Å²) in [5, 5.41) is 15.1. The lowest BCUT2D eigenvalue weighted by molar-refractivity contribution is -0.143. The molecule has 3 aliphatic rings. The molecule has 2 amide bonds. The van der Waals surface area contributed by atoms with Crippen LogP contribution in [-0.4, -0.2) is 55.0 Å². The number of aromatic nitrogens is 3. The first-order valence-corrected chi connectivity index (χ1v) is 14.2. The molecule has 8 nitrogen and oxygen atoms in total. The van der Waals surface area contributed by atoms with Crippen LogP contribution in [0.5, 0.6) is 0 Å². The van der Waals surface area contributed by atoms with Crippen molar-refractivity contribution in [3.05, 3.63) is 46.7 Å². The van der Waals surface area contributed by atoms with Crippen LogP contribution in [0.3, 0.4) is 0 Å². The monoisotopic (exact) mass is 549 g/mol. The molecule has 0 spiro atoms. The molecule has 1 aliphatic carbocycles. The molecular formula is C28H28ClN5O3S. The quantitative estimate of drug-likeness (QED) is 0.362. The van der Waals surface area contributed by atoms with Gasteiger partial charge in [0.15, 0.2) is 0 Å². The summed E-state index contributed by atoms with van der Waals surface area (Å²) in [6.07, 6.45) is 4.90. The van der Waals surface area contributed by atoms with Gasteiger partial charge in [-0.05, 0) is 55.6 Å². The minimum atomic E-state index is -0.802. The average Bonchev–Trinajstić information content (AvgIpc) is 3.22. The van der Waals surface area contributed by atoms with Gasteiger partial charge in [0, 0.05) is 27.2 Å². The Labute approximate surface area is 228 Å². The van der Waals surface area contributed by atoms with Crippen molar-refractivity contribution in [2.45, 2.75) is 45.4 Å². The Kier molecular flexibility index (Phi) is 5.30. The van der Waals surface area contributed by atoms with Gasteiger partial charge in [-0.25, -0.2) is 4.98 Å². The second kappa shape index (κ2) is 8.32. The maximum atomic E-state index is 12.9. The Morgan fingerprint density at radius 3 is 2.55 bits per heavy atom. The van der Waals surface area contributed by atoms with Crippen molar-refractivity contribution in [1.29, 1.82) is 0 Å². The van der Waals surface area contributed by atoms with Crippen molar-refractivity contribution in [2.75, 3.05) is 13.1 Å². The lowest BCUT2D eigenvalue weighted by Crippen LogP contribution is -2.44. The molecule has 1 saturated carbocycles. The van der Waals surface area contributed by atoms with E-state index in [1.54, 1.807) is 23.9 Å². The summed E-state index contributed by atoms with van der Waals surface area (Å²) < 4.78 is 2.99. The van der Waals surface area contributed by atoms with Crippen LogP contribution in [0.25, 0.3) is 32.4 Å². The number of nitrogens with one attached hydrogen (secondary N) is 1. The molecule has 5 heterocycles. The Morgan fingerprint density at radius 1 is 1.08 bits per heavy atom. The van der Waals surface area contributed by atoms with Crippen molar-refractivity contribution >= 4 is 56.0 Å². The van der Waals surface area contributed by atoms with Crippen molar-refractivity contribution in [1.82, 2.24) is 24.8 Å². The molecule has 2 aliphatic heterocycles. The number of carbonyl (C=O) groups is 2. The van der Waals surface area contributed by atoms with E-state index in [1.165, 1.54) is 4.90 Å². The molecule has 4 aromatic rings. The first kappa shape index (κ1) is 24.2. The highest BCUT2D eigenvalue weighted by Crippen LogP contribution is 2.63. The van der Waals surface area contributed by atoms with E-state index in [4.69, 9.17) is 11.6 Å². The highest BCUT2D eigenvalue weighted by Gasteiger charge is 2.72. The van der Waals surface area contributed by atoms with Gasteiger partial charge >= 0.3 is 0 Å². The minimum Gasteiger partial charge on any atom is -0.388 e. The summed E-state index contributed by atoms with van der Waals surface area (Å²) in [4.78, 5) is 37.3. The fourth-order valence-electron chi connectivity index (χ4n) is 6.46. The van der Waals surface area contributed by atoms with E-state index in [2.05, 4.69) is 15.3 Å². The molecule has 196 valence electrons. The number of halogens is 1. The van der Waals surface area contributed by atoms with Crippen molar-refractivity contribution in [3.63, 3.8) is 0 Å². The Morgan fingerprint density at radius 2 is 1.82 bits per heavy atom. The molecule has 2 unspecified atom stereocenters. The average molecular weight is 550 g/mol. The largest absolute Gasteiger partial charge is 0.388 e. The van der Waals surface area contributed by atoms with Gasteiger partial charge in [0.2, 0.25) is 11.8 Å². The molecule has 2 saturated heterocycles. The number of nitrogens with zero attached hydrogens (tertiary/aromatic N) is 4. The molecular weight excluding hydrogens is 522 g/mol. The first-order valence-electron chi connectivity index (χ1n) is 13.0. The molecule has 0 radical (unpaired) electrons. The summed E-state index contributed by atoms with van der Waals surface area (Å²) in [5.74, 6) is -0.500. The second-order valence-electron chi connectivity index (χ2n) is 11.5. The van der Waals surface area contributed by atoms with E-state index in [-0.39, 0.29) is 35.6 Å². The van der Waals surface area contributed by atoms with Gasteiger partial charge < -0.3 is 15.0 Å². The summed E-state index contributed by atoms with van der Waals surface area (Å²) in [7, 11) is 0. The van der Waals surface area contributed by atoms with Crippen molar-refractivity contribution in [2.24, 2.45) is 17.3 Å². The third kappa shape index (κ3) is 3.63. The minimum absolute atomic E-state index is 0.0630. The van der Waals surface area contributed by atoms with Crippen LogP contribution in [0.2, 0.25) is 5.02 Å². The van der Waals surface area contributed by atoms with Crippen LogP contribution in [0.15, 0.2) is 36.8 Å². The number of amides is 2. The molecule has 3 aromatic heterocycles. The number of fused-ring (bicyclic) bond motifs is 3. The van der Waals surface area contributed by atoms with E-state index >= 15 is 0 Å². The third-order valence-corrected chi connectivity index (χ3v) is 10.00. The molecule has 7 rings (SSSR count). The lowest BCUT2D eigenvalue weighted by atomic mass is 9.92. The molecule has 1 aromatic carbocycles. The van der Waals surface area contributed by atoms with Crippen molar-refractivity contribution in [3.8, 4) is 11.1 Å². The zero-order valence-electron chi connectivity index (χ0n) is 21.2. The van der Waals surface area contributed by atoms with E-state index in [9.17, 15) is 14.7 Å². The number of benzene rings is 1. The van der Waals surface area contributed by atoms with E-state index < -0.39 is 5.60 Å². The normalized spacial score (nSPS) is 23.9. The number of carbonyl (C=O) groups excluding carboxylic acids is 2. The Bertz CT molecular complexity index is 1610.